The Balaban J connectivity index is 0.000000809. The van der Waals surface area contributed by atoms with Gasteiger partial charge in [-0.3, -0.25) is 9.11 Å². The Hall–Kier alpha value is -3.82. The van der Waals surface area contributed by atoms with E-state index in [1.54, 1.807) is 0 Å². The Labute approximate surface area is 386 Å². The first-order valence-corrected chi connectivity index (χ1v) is 27.5. The number of aliphatic hydroxyl groups excluding tert-OH is 4. The molecule has 0 saturated carbocycles. The molecule has 2 aromatic carbocycles. The highest BCUT2D eigenvalue weighted by molar-refractivity contribution is 8.76. The molecule has 18 heteroatoms. The molecule has 2 heterocycles. The fraction of sp³-hybridized carbons (Fsp3) is 0.435. The zero-order valence-electron chi connectivity index (χ0n) is 36.7. The molecule has 6 N–H and O–H groups in total. The van der Waals surface area contributed by atoms with Crippen LogP contribution in [0.2, 0.25) is 0 Å². The first kappa shape index (κ1) is 52.8. The van der Waals surface area contributed by atoms with Gasteiger partial charge in [0.15, 0.2) is 37.9 Å². The number of anilines is 2. The molecule has 0 radical (unpaired) electrons. The normalized spacial score (nSPS) is 14.8. The Morgan fingerprint density at radius 1 is 0.547 bits per heavy atom. The third kappa shape index (κ3) is 19.3. The topological polar surface area (TPSA) is 204 Å². The zero-order chi connectivity index (χ0) is 46.5. The fourth-order valence-corrected chi connectivity index (χ4v) is 9.54. The molecule has 0 fully saturated rings. The van der Waals surface area contributed by atoms with E-state index in [0.717, 1.165) is 74.5 Å². The van der Waals surface area contributed by atoms with Crippen LogP contribution in [0.5, 0.6) is 0 Å². The lowest BCUT2D eigenvalue weighted by Crippen LogP contribution is -2.36. The molecule has 0 spiro atoms. The summed E-state index contributed by atoms with van der Waals surface area (Å²) in [4.78, 5) is 4.01. The fourth-order valence-electron chi connectivity index (χ4n) is 7.58. The van der Waals surface area contributed by atoms with E-state index < -0.39 is 20.2 Å². The minimum Gasteiger partial charge on any atom is -0.395 e. The van der Waals surface area contributed by atoms with E-state index in [1.807, 2.05) is 31.4 Å². The molecular formula is C46H64N4O10S4+2. The minimum absolute atomic E-state index is 0.0652. The van der Waals surface area contributed by atoms with Crippen LogP contribution in [0, 0.1) is 0 Å². The number of hydrogen-bond acceptors (Lipinski definition) is 12. The molecular weight excluding hydrogens is 897 g/mol. The third-order valence-corrected chi connectivity index (χ3v) is 12.7. The van der Waals surface area contributed by atoms with Crippen molar-refractivity contribution in [2.45, 2.75) is 51.6 Å². The van der Waals surface area contributed by atoms with Gasteiger partial charge in [0.2, 0.25) is 0 Å². The van der Waals surface area contributed by atoms with Crippen molar-refractivity contribution in [3.05, 3.63) is 119 Å². The van der Waals surface area contributed by atoms with Crippen LogP contribution in [0.3, 0.4) is 0 Å². The summed E-state index contributed by atoms with van der Waals surface area (Å²) in [6, 6.07) is 21.4. The van der Waals surface area contributed by atoms with Crippen LogP contribution in [-0.4, -0.2) is 123 Å². The molecule has 64 heavy (non-hydrogen) atoms. The second-order valence-corrected chi connectivity index (χ2v) is 21.1. The first-order chi connectivity index (χ1) is 30.6. The van der Waals surface area contributed by atoms with Gasteiger partial charge in [0.25, 0.3) is 20.2 Å². The van der Waals surface area contributed by atoms with Crippen LogP contribution in [0.15, 0.2) is 85.5 Å². The molecule has 0 atom stereocenters. The summed E-state index contributed by atoms with van der Waals surface area (Å²) in [5.74, 6) is 2.13. The highest BCUT2D eigenvalue weighted by atomic mass is 33.1. The van der Waals surface area contributed by atoms with Crippen molar-refractivity contribution in [2.75, 3.05) is 86.4 Å². The van der Waals surface area contributed by atoms with Crippen molar-refractivity contribution < 1.29 is 55.5 Å². The van der Waals surface area contributed by atoms with Gasteiger partial charge in [0.05, 0.1) is 50.4 Å². The maximum absolute atomic E-state index is 9.38. The van der Waals surface area contributed by atoms with E-state index in [2.05, 4.69) is 107 Å². The Morgan fingerprint density at radius 3 is 1.19 bits per heavy atom. The third-order valence-electron chi connectivity index (χ3n) is 10.3. The summed E-state index contributed by atoms with van der Waals surface area (Å²) >= 11 is 0. The van der Waals surface area contributed by atoms with Crippen molar-refractivity contribution in [2.24, 2.45) is 0 Å². The predicted molar refractivity (Wildman–Crippen MR) is 260 cm³/mol. The monoisotopic (exact) mass is 960 g/mol. The van der Waals surface area contributed by atoms with Gasteiger partial charge in [0, 0.05) is 60.8 Å². The Bertz CT molecular complexity index is 2150. The van der Waals surface area contributed by atoms with E-state index >= 15 is 0 Å². The minimum atomic E-state index is -3.67. The molecule has 350 valence electrons. The maximum Gasteiger partial charge on any atom is 0.261 e. The lowest BCUT2D eigenvalue weighted by Gasteiger charge is -2.23. The summed E-state index contributed by atoms with van der Waals surface area (Å²) in [5.41, 5.74) is 12.8. The molecule has 0 bridgehead atoms. The number of aliphatic hydroxyl groups is 4. The van der Waals surface area contributed by atoms with Gasteiger partial charge in [0.1, 0.15) is 0 Å². The van der Waals surface area contributed by atoms with E-state index in [1.165, 1.54) is 44.5 Å². The van der Waals surface area contributed by atoms with E-state index in [-0.39, 0.29) is 26.4 Å². The number of fused-ring (bicyclic) bond motifs is 2. The summed E-state index contributed by atoms with van der Waals surface area (Å²) < 4.78 is 56.4. The molecule has 6 rings (SSSR count). The second-order valence-electron chi connectivity index (χ2n) is 15.5. The smallest absolute Gasteiger partial charge is 0.261 e. The number of hydrogen-bond donors (Lipinski definition) is 6. The van der Waals surface area contributed by atoms with Crippen molar-refractivity contribution in [1.82, 2.24) is 0 Å². The van der Waals surface area contributed by atoms with Gasteiger partial charge in [-0.2, -0.15) is 16.8 Å². The van der Waals surface area contributed by atoms with Gasteiger partial charge in [-0.1, -0.05) is 58.0 Å². The van der Waals surface area contributed by atoms with Crippen LogP contribution < -0.4 is 18.9 Å². The molecule has 0 saturated heterocycles. The van der Waals surface area contributed by atoms with Gasteiger partial charge in [-0.05, 0) is 96.2 Å². The Kier molecular flexibility index (Phi) is 22.3. The largest absolute Gasteiger partial charge is 0.395 e. The molecule has 2 aliphatic carbocycles. The number of aromatic nitrogens is 2. The van der Waals surface area contributed by atoms with Crippen LogP contribution in [0.1, 0.15) is 59.1 Å². The van der Waals surface area contributed by atoms with Crippen molar-refractivity contribution in [3.63, 3.8) is 0 Å². The molecule has 0 amide bonds. The van der Waals surface area contributed by atoms with Crippen LogP contribution in [0.4, 0.5) is 11.4 Å². The van der Waals surface area contributed by atoms with Crippen molar-refractivity contribution >= 4 is 76.5 Å². The van der Waals surface area contributed by atoms with Gasteiger partial charge >= 0.3 is 0 Å². The van der Waals surface area contributed by atoms with Crippen molar-refractivity contribution in [1.29, 1.82) is 0 Å². The van der Waals surface area contributed by atoms with Crippen LogP contribution >= 0.6 is 21.6 Å². The number of pyridine rings is 2. The zero-order valence-corrected chi connectivity index (χ0v) is 40.0. The molecule has 0 unspecified atom stereocenters. The predicted octanol–water partition coefficient (Wildman–Crippen LogP) is 4.69. The SMILES string of the molecule is CS(=O)(=O)O.CS(=O)(=O)O.OCCN(CCO)c1ccc(C=C2CCCc3c[n+](CCSSCC[n+]4ccc5c(c4)CCCC5=Cc4ccc(N(CCO)CCO)cc4)ccc32)cc1. The lowest BCUT2D eigenvalue weighted by molar-refractivity contribution is -0.693. The molecule has 0 aliphatic heterocycles. The number of nitrogens with zero attached hydrogens (tertiary/aromatic N) is 4. The van der Waals surface area contributed by atoms with Gasteiger partial charge in [-0.15, -0.1) is 0 Å². The van der Waals surface area contributed by atoms with E-state index in [0.29, 0.717) is 38.7 Å². The van der Waals surface area contributed by atoms with E-state index in [4.69, 9.17) is 9.11 Å². The lowest BCUT2D eigenvalue weighted by atomic mass is 9.87. The van der Waals surface area contributed by atoms with Gasteiger partial charge in [-0.25, -0.2) is 9.13 Å². The van der Waals surface area contributed by atoms with Crippen LogP contribution in [0.25, 0.3) is 23.3 Å². The number of rotatable bonds is 19. The highest BCUT2D eigenvalue weighted by Gasteiger charge is 2.20. The van der Waals surface area contributed by atoms with Crippen LogP contribution in [-0.2, 0) is 46.2 Å². The molecule has 4 aromatic rings. The van der Waals surface area contributed by atoms with Gasteiger partial charge < -0.3 is 30.2 Å². The first-order valence-electron chi connectivity index (χ1n) is 21.3. The van der Waals surface area contributed by atoms with Crippen molar-refractivity contribution in [3.8, 4) is 0 Å². The summed E-state index contributed by atoms with van der Waals surface area (Å²) in [7, 11) is -3.42. The Morgan fingerprint density at radius 2 is 0.875 bits per heavy atom. The molecule has 2 aromatic heterocycles. The second kappa shape index (κ2) is 27.0. The quantitative estimate of drug-likeness (QED) is 0.0327. The number of allylic oxidation sites excluding steroid dienone is 2. The summed E-state index contributed by atoms with van der Waals surface area (Å²) in [6.45, 7) is 4.31. The average molecular weight is 961 g/mol. The summed E-state index contributed by atoms with van der Waals surface area (Å²) in [5, 5.41) is 37.5. The summed E-state index contributed by atoms with van der Waals surface area (Å²) in [6.07, 6.45) is 22.0. The number of benzene rings is 2. The average Bonchev–Trinajstić information content (AvgIpc) is 3.24. The standard InChI is InChI=1S/C44H56N4O4S2.2CH4O3S/c49-25-19-47(20-26-50)41-11-7-35(8-12-41)31-37-3-1-5-39-33-45(17-15-43(37)39)23-29-53-54-30-24-46-18-16-44-38(4-2-6-40(44)34-46)32-36-9-13-42(14-10-36)48(21-27-51)22-28-52;2*1-5(2,3)4/h7-18,31-34,49-52H,1-6,19-30H2;2*1H3,(H,2,3,4)/q+2;;. The molecule has 2 aliphatic rings. The maximum atomic E-state index is 9.38. The number of aryl methyl sites for hydroxylation is 4. The van der Waals surface area contributed by atoms with E-state index in [9.17, 15) is 37.3 Å². The highest BCUT2D eigenvalue weighted by Crippen LogP contribution is 2.33. The molecule has 14 nitrogen and oxygen atoms in total.